The van der Waals surface area contributed by atoms with Crippen molar-refractivity contribution in [2.24, 2.45) is 5.92 Å². The highest BCUT2D eigenvalue weighted by Crippen LogP contribution is 2.37. The molecule has 3 N–H and O–H groups in total. The minimum Gasteiger partial charge on any atom is -0.508 e. The molecule has 1 atom stereocenters. The standard InChI is InChI=1S/C18H20N2O3/c21-14-5-3-4-12(8-14)9-17(23)20-18(13-10-15(22)11-13)16-6-1-2-7-19-16/h1-8,13,15,18,21-22H,9-11H2,(H,20,23)/t13?,15?,18-/m1/s1. The minimum absolute atomic E-state index is 0.118. The fourth-order valence-corrected chi connectivity index (χ4v) is 2.97. The highest BCUT2D eigenvalue weighted by molar-refractivity contribution is 5.79. The largest absolute Gasteiger partial charge is 0.508 e. The lowest BCUT2D eigenvalue weighted by molar-refractivity contribution is -0.122. The summed E-state index contributed by atoms with van der Waals surface area (Å²) in [5.41, 5.74) is 1.57. The van der Waals surface area contributed by atoms with E-state index < -0.39 is 0 Å². The molecule has 0 saturated heterocycles. The van der Waals surface area contributed by atoms with Gasteiger partial charge in [0.2, 0.25) is 5.91 Å². The number of phenols is 1. The van der Waals surface area contributed by atoms with E-state index in [1.54, 1.807) is 24.4 Å². The van der Waals surface area contributed by atoms with Crippen LogP contribution in [0, 0.1) is 5.92 Å². The third kappa shape index (κ3) is 3.87. The Bertz CT molecular complexity index is 669. The molecule has 0 radical (unpaired) electrons. The van der Waals surface area contributed by atoms with Crippen LogP contribution in [0.4, 0.5) is 0 Å². The number of carbonyl (C=O) groups is 1. The molecule has 1 aliphatic rings. The number of rotatable bonds is 5. The molecule has 3 rings (SSSR count). The third-order valence-corrected chi connectivity index (χ3v) is 4.22. The first-order chi connectivity index (χ1) is 11.1. The van der Waals surface area contributed by atoms with Gasteiger partial charge in [0.15, 0.2) is 0 Å². The van der Waals surface area contributed by atoms with Crippen LogP contribution in [0.15, 0.2) is 48.7 Å². The lowest BCUT2D eigenvalue weighted by atomic mass is 9.76. The maximum Gasteiger partial charge on any atom is 0.224 e. The van der Waals surface area contributed by atoms with E-state index in [0.29, 0.717) is 12.8 Å². The highest BCUT2D eigenvalue weighted by Gasteiger charge is 2.36. The molecule has 0 spiro atoms. The Hall–Kier alpha value is -2.40. The summed E-state index contributed by atoms with van der Waals surface area (Å²) in [7, 11) is 0. The van der Waals surface area contributed by atoms with Gasteiger partial charge < -0.3 is 15.5 Å². The zero-order valence-electron chi connectivity index (χ0n) is 12.7. The molecular weight excluding hydrogens is 292 g/mol. The number of aromatic hydroxyl groups is 1. The SMILES string of the molecule is O=C(Cc1cccc(O)c1)N[C@@H](c1ccccn1)C1CC(O)C1. The number of carbonyl (C=O) groups excluding carboxylic acids is 1. The van der Waals surface area contributed by atoms with Gasteiger partial charge in [-0.15, -0.1) is 0 Å². The summed E-state index contributed by atoms with van der Waals surface area (Å²) in [4.78, 5) is 16.7. The number of aliphatic hydroxyl groups excluding tert-OH is 1. The monoisotopic (exact) mass is 312 g/mol. The maximum absolute atomic E-state index is 12.4. The minimum atomic E-state index is -0.283. The summed E-state index contributed by atoms with van der Waals surface area (Å²) >= 11 is 0. The van der Waals surface area contributed by atoms with Crippen LogP contribution < -0.4 is 5.32 Å². The van der Waals surface area contributed by atoms with Crippen LogP contribution in [-0.4, -0.2) is 27.2 Å². The van der Waals surface area contributed by atoms with Crippen LogP contribution in [0.25, 0.3) is 0 Å². The number of benzene rings is 1. The molecule has 1 amide bonds. The summed E-state index contributed by atoms with van der Waals surface area (Å²) in [5, 5.41) is 22.1. The van der Waals surface area contributed by atoms with E-state index in [0.717, 1.165) is 11.3 Å². The Kier molecular flexibility index (Phi) is 4.57. The summed E-state index contributed by atoms with van der Waals surface area (Å²) < 4.78 is 0. The number of nitrogens with one attached hydrogen (secondary N) is 1. The van der Waals surface area contributed by atoms with Gasteiger partial charge in [0.25, 0.3) is 0 Å². The van der Waals surface area contributed by atoms with E-state index in [1.807, 2.05) is 24.3 Å². The number of nitrogens with zero attached hydrogens (tertiary/aromatic N) is 1. The van der Waals surface area contributed by atoms with Crippen molar-refractivity contribution >= 4 is 5.91 Å². The molecule has 0 unspecified atom stereocenters. The van der Waals surface area contributed by atoms with Crippen LogP contribution in [0.3, 0.4) is 0 Å². The predicted molar refractivity (Wildman–Crippen MR) is 85.7 cm³/mol. The molecule has 1 aliphatic carbocycles. The summed E-state index contributed by atoms with van der Waals surface area (Å²) in [5.74, 6) is 0.236. The number of aromatic nitrogens is 1. The zero-order valence-corrected chi connectivity index (χ0v) is 12.7. The van der Waals surface area contributed by atoms with Crippen LogP contribution >= 0.6 is 0 Å². The smallest absolute Gasteiger partial charge is 0.224 e. The average molecular weight is 312 g/mol. The second-order valence-corrected chi connectivity index (χ2v) is 6.03. The molecule has 0 bridgehead atoms. The van der Waals surface area contributed by atoms with Gasteiger partial charge in [0, 0.05) is 6.20 Å². The number of pyridine rings is 1. The molecule has 1 fully saturated rings. The van der Waals surface area contributed by atoms with Crippen LogP contribution in [0.5, 0.6) is 5.75 Å². The first-order valence-electron chi connectivity index (χ1n) is 7.78. The molecule has 1 saturated carbocycles. The van der Waals surface area contributed by atoms with Gasteiger partial charge in [-0.25, -0.2) is 0 Å². The number of phenolic OH excluding ortho intramolecular Hbond substituents is 1. The quantitative estimate of drug-likeness (QED) is 0.788. The highest BCUT2D eigenvalue weighted by atomic mass is 16.3. The van der Waals surface area contributed by atoms with Crippen molar-refractivity contribution in [1.82, 2.24) is 10.3 Å². The van der Waals surface area contributed by atoms with Gasteiger partial charge in [0.1, 0.15) is 5.75 Å². The zero-order chi connectivity index (χ0) is 16.2. The lowest BCUT2D eigenvalue weighted by Crippen LogP contribution is -2.42. The molecule has 1 aromatic carbocycles. The average Bonchev–Trinajstić information content (AvgIpc) is 2.51. The molecular formula is C18H20N2O3. The molecule has 0 aliphatic heterocycles. The van der Waals surface area contributed by atoms with E-state index >= 15 is 0 Å². The predicted octanol–water partition coefficient (Wildman–Crippen LogP) is 1.96. The fourth-order valence-electron chi connectivity index (χ4n) is 2.97. The fraction of sp³-hybridized carbons (Fsp3) is 0.333. The Labute approximate surface area is 135 Å². The van der Waals surface area contributed by atoms with Crippen LogP contribution in [-0.2, 0) is 11.2 Å². The number of hydrogen-bond donors (Lipinski definition) is 3. The van der Waals surface area contributed by atoms with Crippen molar-refractivity contribution < 1.29 is 15.0 Å². The van der Waals surface area contributed by atoms with Crippen LogP contribution in [0.1, 0.15) is 30.1 Å². The summed E-state index contributed by atoms with van der Waals surface area (Å²) in [6, 6.07) is 12.1. The molecule has 5 nitrogen and oxygen atoms in total. The van der Waals surface area contributed by atoms with E-state index in [1.165, 1.54) is 0 Å². The Morgan fingerprint density at radius 2 is 2.09 bits per heavy atom. The van der Waals surface area contributed by atoms with Gasteiger partial charge in [-0.2, -0.15) is 0 Å². The van der Waals surface area contributed by atoms with Crippen molar-refractivity contribution in [3.63, 3.8) is 0 Å². The molecule has 2 aromatic rings. The van der Waals surface area contributed by atoms with Crippen molar-refractivity contribution in [2.45, 2.75) is 31.4 Å². The van der Waals surface area contributed by atoms with E-state index in [9.17, 15) is 15.0 Å². The Balaban J connectivity index is 1.69. The lowest BCUT2D eigenvalue weighted by Gasteiger charge is -2.37. The Morgan fingerprint density at radius 3 is 2.74 bits per heavy atom. The summed E-state index contributed by atoms with van der Waals surface area (Å²) in [6.45, 7) is 0. The molecule has 120 valence electrons. The molecule has 5 heteroatoms. The molecule has 1 aromatic heterocycles. The van der Waals surface area contributed by atoms with Gasteiger partial charge in [-0.1, -0.05) is 18.2 Å². The van der Waals surface area contributed by atoms with E-state index in [-0.39, 0.29) is 36.1 Å². The van der Waals surface area contributed by atoms with Crippen molar-refractivity contribution in [1.29, 1.82) is 0 Å². The van der Waals surface area contributed by atoms with Gasteiger partial charge in [-0.05, 0) is 48.6 Å². The van der Waals surface area contributed by atoms with Gasteiger partial charge in [0.05, 0.1) is 24.3 Å². The number of hydrogen-bond acceptors (Lipinski definition) is 4. The van der Waals surface area contributed by atoms with Crippen molar-refractivity contribution in [2.75, 3.05) is 0 Å². The third-order valence-electron chi connectivity index (χ3n) is 4.22. The second-order valence-electron chi connectivity index (χ2n) is 6.03. The van der Waals surface area contributed by atoms with Gasteiger partial charge in [-0.3, -0.25) is 9.78 Å². The van der Waals surface area contributed by atoms with E-state index in [2.05, 4.69) is 10.3 Å². The topological polar surface area (TPSA) is 82.5 Å². The van der Waals surface area contributed by atoms with Crippen molar-refractivity contribution in [3.8, 4) is 5.75 Å². The first-order valence-corrected chi connectivity index (χ1v) is 7.78. The molecule has 23 heavy (non-hydrogen) atoms. The number of amides is 1. The van der Waals surface area contributed by atoms with Crippen LogP contribution in [0.2, 0.25) is 0 Å². The first kappa shape index (κ1) is 15.5. The number of aliphatic hydroxyl groups is 1. The van der Waals surface area contributed by atoms with Gasteiger partial charge >= 0.3 is 0 Å². The Morgan fingerprint density at radius 1 is 1.26 bits per heavy atom. The normalized spacial score (nSPS) is 21.3. The second kappa shape index (κ2) is 6.79. The molecule has 1 heterocycles. The summed E-state index contributed by atoms with van der Waals surface area (Å²) in [6.07, 6.45) is 2.97. The van der Waals surface area contributed by atoms with E-state index in [4.69, 9.17) is 0 Å². The maximum atomic E-state index is 12.4. The van der Waals surface area contributed by atoms with Crippen molar-refractivity contribution in [3.05, 3.63) is 59.9 Å².